The van der Waals surface area contributed by atoms with E-state index in [1.165, 1.54) is 11.1 Å². The van der Waals surface area contributed by atoms with Crippen molar-refractivity contribution in [3.05, 3.63) is 66.0 Å². The highest BCUT2D eigenvalue weighted by Gasteiger charge is 2.37. The fourth-order valence-electron chi connectivity index (χ4n) is 4.15. The summed E-state index contributed by atoms with van der Waals surface area (Å²) in [5, 5.41) is 14.4. The minimum Gasteiger partial charge on any atom is -0.444 e. The Hall–Kier alpha value is -3.13. The molecule has 0 spiro atoms. The van der Waals surface area contributed by atoms with Gasteiger partial charge in [-0.05, 0) is 50.3 Å². The molecule has 1 unspecified atom stereocenters. The Bertz CT molecular complexity index is 1180. The molecule has 170 valence electrons. The van der Waals surface area contributed by atoms with Crippen molar-refractivity contribution < 1.29 is 9.53 Å². The first-order valence-electron chi connectivity index (χ1n) is 11.2. The molecule has 8 heteroatoms. The normalized spacial score (nSPS) is 18.1. The number of carbonyl (C=O) groups is 1. The molecular formula is C25H27N5O2S. The molecule has 0 N–H and O–H groups in total. The van der Waals surface area contributed by atoms with Crippen LogP contribution in [0.25, 0.3) is 11.1 Å². The number of amides is 1. The minimum atomic E-state index is -0.540. The molecule has 3 aromatic rings. The number of likely N-dealkylation sites (tertiary alicyclic amines) is 1. The molecule has 2 aliphatic heterocycles. The second-order valence-electron chi connectivity index (χ2n) is 9.26. The summed E-state index contributed by atoms with van der Waals surface area (Å²) in [7, 11) is 0. The first kappa shape index (κ1) is 21.7. The van der Waals surface area contributed by atoms with E-state index in [4.69, 9.17) is 9.84 Å². The summed E-state index contributed by atoms with van der Waals surface area (Å²) in [6, 6.07) is 18.6. The predicted octanol–water partition coefficient (Wildman–Crippen LogP) is 5.38. The third kappa shape index (κ3) is 4.53. The highest BCUT2D eigenvalue weighted by Crippen LogP contribution is 2.35. The molecule has 0 saturated carbocycles. The Kier molecular flexibility index (Phi) is 5.70. The van der Waals surface area contributed by atoms with Crippen molar-refractivity contribution in [2.75, 3.05) is 12.3 Å². The SMILES string of the molecule is CC(C)(C)OC(=O)N1CCCC1c1nnc2n1N=C(c1ccc(-c3ccccc3)cc1)CS2. The van der Waals surface area contributed by atoms with Gasteiger partial charge >= 0.3 is 6.09 Å². The lowest BCUT2D eigenvalue weighted by Crippen LogP contribution is -2.37. The van der Waals surface area contributed by atoms with Gasteiger partial charge < -0.3 is 4.74 Å². The largest absolute Gasteiger partial charge is 0.444 e. The molecule has 1 amide bonds. The van der Waals surface area contributed by atoms with E-state index in [0.29, 0.717) is 12.4 Å². The van der Waals surface area contributed by atoms with Gasteiger partial charge in [0.1, 0.15) is 5.60 Å². The fraction of sp³-hybridized carbons (Fsp3) is 0.360. The van der Waals surface area contributed by atoms with Crippen molar-refractivity contribution in [2.45, 2.75) is 50.4 Å². The molecule has 1 fully saturated rings. The van der Waals surface area contributed by atoms with Crippen LogP contribution in [0.4, 0.5) is 4.79 Å². The molecule has 2 aromatic carbocycles. The highest BCUT2D eigenvalue weighted by molar-refractivity contribution is 7.99. The quantitative estimate of drug-likeness (QED) is 0.524. The van der Waals surface area contributed by atoms with E-state index in [0.717, 1.165) is 35.0 Å². The van der Waals surface area contributed by atoms with Crippen molar-refractivity contribution in [3.8, 4) is 11.1 Å². The van der Waals surface area contributed by atoms with Crippen LogP contribution in [0.2, 0.25) is 0 Å². The number of thioether (sulfide) groups is 1. The van der Waals surface area contributed by atoms with E-state index in [2.05, 4.69) is 46.6 Å². The van der Waals surface area contributed by atoms with Crippen LogP contribution in [0, 0.1) is 0 Å². The number of carbonyl (C=O) groups excluding carboxylic acids is 1. The number of benzene rings is 2. The van der Waals surface area contributed by atoms with E-state index >= 15 is 0 Å². The van der Waals surface area contributed by atoms with Crippen molar-refractivity contribution in [3.63, 3.8) is 0 Å². The maximum atomic E-state index is 12.8. The summed E-state index contributed by atoms with van der Waals surface area (Å²) >= 11 is 1.62. The lowest BCUT2D eigenvalue weighted by molar-refractivity contribution is 0.0215. The van der Waals surface area contributed by atoms with Crippen LogP contribution < -0.4 is 0 Å². The van der Waals surface area contributed by atoms with Gasteiger partial charge in [0.2, 0.25) is 5.16 Å². The van der Waals surface area contributed by atoms with Crippen LogP contribution in [0.5, 0.6) is 0 Å². The predicted molar refractivity (Wildman–Crippen MR) is 129 cm³/mol. The molecule has 7 nitrogen and oxygen atoms in total. The second-order valence-corrected chi connectivity index (χ2v) is 10.2. The molecule has 33 heavy (non-hydrogen) atoms. The molecule has 1 saturated heterocycles. The van der Waals surface area contributed by atoms with Gasteiger partial charge in [0, 0.05) is 12.3 Å². The average Bonchev–Trinajstić information content (AvgIpc) is 3.45. The Morgan fingerprint density at radius 2 is 1.70 bits per heavy atom. The number of fused-ring (bicyclic) bond motifs is 1. The van der Waals surface area contributed by atoms with E-state index in [1.54, 1.807) is 16.7 Å². The Labute approximate surface area is 197 Å². The maximum Gasteiger partial charge on any atom is 0.410 e. The van der Waals surface area contributed by atoms with Crippen molar-refractivity contribution in [1.82, 2.24) is 19.8 Å². The Morgan fingerprint density at radius 3 is 2.42 bits per heavy atom. The van der Waals surface area contributed by atoms with Crippen LogP contribution in [-0.2, 0) is 4.74 Å². The summed E-state index contributed by atoms with van der Waals surface area (Å²) < 4.78 is 7.43. The van der Waals surface area contributed by atoms with E-state index in [-0.39, 0.29) is 12.1 Å². The van der Waals surface area contributed by atoms with E-state index in [9.17, 15) is 4.79 Å². The van der Waals surface area contributed by atoms with Gasteiger partial charge in [0.25, 0.3) is 0 Å². The third-order valence-corrected chi connectivity index (χ3v) is 6.63. The summed E-state index contributed by atoms with van der Waals surface area (Å²) in [4.78, 5) is 14.5. The van der Waals surface area contributed by atoms with Crippen molar-refractivity contribution in [1.29, 1.82) is 0 Å². The first-order chi connectivity index (χ1) is 15.9. The van der Waals surface area contributed by atoms with Crippen LogP contribution in [0.15, 0.2) is 64.9 Å². The molecule has 2 aliphatic rings. The third-order valence-electron chi connectivity index (χ3n) is 5.70. The summed E-state index contributed by atoms with van der Waals surface area (Å²) in [6.07, 6.45) is 1.40. The Morgan fingerprint density at radius 1 is 1.00 bits per heavy atom. The van der Waals surface area contributed by atoms with Crippen molar-refractivity contribution in [2.24, 2.45) is 5.10 Å². The molecule has 1 atom stereocenters. The number of aromatic nitrogens is 3. The number of hydrogen-bond donors (Lipinski definition) is 0. The maximum absolute atomic E-state index is 12.8. The summed E-state index contributed by atoms with van der Waals surface area (Å²) in [5.41, 5.74) is 3.86. The van der Waals surface area contributed by atoms with Gasteiger partial charge in [-0.25, -0.2) is 4.79 Å². The molecule has 3 heterocycles. The topological polar surface area (TPSA) is 72.6 Å². The zero-order valence-corrected chi connectivity index (χ0v) is 19.9. The molecular weight excluding hydrogens is 434 g/mol. The van der Waals surface area contributed by atoms with E-state index in [1.807, 2.05) is 43.6 Å². The number of ether oxygens (including phenoxy) is 1. The Balaban J connectivity index is 1.41. The molecule has 0 aliphatic carbocycles. The summed E-state index contributed by atoms with van der Waals surface area (Å²) in [5.74, 6) is 1.42. The first-order valence-corrected chi connectivity index (χ1v) is 12.2. The van der Waals surface area contributed by atoms with Gasteiger partial charge in [0.15, 0.2) is 5.82 Å². The molecule has 5 rings (SSSR count). The van der Waals surface area contributed by atoms with Gasteiger partial charge in [-0.3, -0.25) is 4.90 Å². The molecule has 0 bridgehead atoms. The van der Waals surface area contributed by atoms with E-state index < -0.39 is 5.60 Å². The van der Waals surface area contributed by atoms with Gasteiger partial charge in [-0.1, -0.05) is 66.4 Å². The minimum absolute atomic E-state index is 0.190. The zero-order chi connectivity index (χ0) is 23.0. The van der Waals surface area contributed by atoms with Crippen LogP contribution in [0.3, 0.4) is 0 Å². The second kappa shape index (κ2) is 8.67. The molecule has 0 radical (unpaired) electrons. The van der Waals surface area contributed by atoms with Crippen LogP contribution >= 0.6 is 11.8 Å². The summed E-state index contributed by atoms with van der Waals surface area (Å²) in [6.45, 7) is 6.29. The molecule has 1 aromatic heterocycles. The van der Waals surface area contributed by atoms with Crippen molar-refractivity contribution >= 4 is 23.6 Å². The van der Waals surface area contributed by atoms with Gasteiger partial charge in [-0.2, -0.15) is 9.78 Å². The lowest BCUT2D eigenvalue weighted by atomic mass is 10.0. The number of nitrogens with zero attached hydrogens (tertiary/aromatic N) is 5. The standard InChI is InChI=1S/C25H27N5O2S/c1-25(2,3)32-24(31)29-15-7-10-21(29)22-26-27-23-30(22)28-20(16-33-23)19-13-11-18(12-14-19)17-8-5-4-6-9-17/h4-6,8-9,11-14,21H,7,10,15-16H2,1-3H3. The monoisotopic (exact) mass is 461 g/mol. The van der Waals surface area contributed by atoms with Crippen LogP contribution in [0.1, 0.15) is 51.0 Å². The average molecular weight is 462 g/mol. The number of hydrogen-bond acceptors (Lipinski definition) is 6. The van der Waals surface area contributed by atoms with Gasteiger partial charge in [0.05, 0.1) is 11.8 Å². The number of rotatable bonds is 3. The zero-order valence-electron chi connectivity index (χ0n) is 19.1. The fourth-order valence-corrected chi connectivity index (χ4v) is 5.00. The highest BCUT2D eigenvalue weighted by atomic mass is 32.2. The van der Waals surface area contributed by atoms with Crippen LogP contribution in [-0.4, -0.2) is 49.5 Å². The van der Waals surface area contributed by atoms with Gasteiger partial charge in [-0.15, -0.1) is 10.2 Å². The smallest absolute Gasteiger partial charge is 0.410 e. The lowest BCUT2D eigenvalue weighted by Gasteiger charge is -2.28.